The first-order valence-electron chi connectivity index (χ1n) is 6.65. The largest absolute Gasteiger partial charge is 0.480 e. The second-order valence-electron chi connectivity index (χ2n) is 5.41. The number of carboxylic acids is 1. The van der Waals surface area contributed by atoms with Crippen molar-refractivity contribution in [1.82, 2.24) is 9.47 Å². The van der Waals surface area contributed by atoms with E-state index >= 15 is 0 Å². The first kappa shape index (κ1) is 13.6. The van der Waals surface area contributed by atoms with Crippen LogP contribution >= 0.6 is 0 Å². The number of likely N-dealkylation sites (tertiary alicyclic amines) is 1. The second-order valence-corrected chi connectivity index (χ2v) is 5.41. The summed E-state index contributed by atoms with van der Waals surface area (Å²) in [6.45, 7) is 5.69. The van der Waals surface area contributed by atoms with E-state index in [1.165, 1.54) is 4.57 Å². The maximum atomic E-state index is 12.4. The van der Waals surface area contributed by atoms with Crippen molar-refractivity contribution in [2.45, 2.75) is 26.8 Å². The minimum Gasteiger partial charge on any atom is -0.480 e. The monoisotopic (exact) mass is 264 g/mol. The molecule has 0 bridgehead atoms. The molecule has 2 heterocycles. The van der Waals surface area contributed by atoms with Crippen LogP contribution in [0.5, 0.6) is 0 Å². The zero-order chi connectivity index (χ0) is 14.0. The third-order valence-electron chi connectivity index (χ3n) is 3.98. The van der Waals surface area contributed by atoms with Gasteiger partial charge in [-0.1, -0.05) is 13.8 Å². The number of nitrogens with zero attached hydrogens (tertiary/aromatic N) is 2. The Labute approximate surface area is 112 Å². The number of aromatic nitrogens is 1. The quantitative estimate of drug-likeness (QED) is 0.903. The number of carbonyl (C=O) groups excluding carboxylic acids is 1. The molecule has 1 aliphatic rings. The molecule has 1 saturated heterocycles. The van der Waals surface area contributed by atoms with E-state index in [2.05, 4.69) is 13.8 Å². The molecule has 0 radical (unpaired) electrons. The molecule has 0 aliphatic carbocycles. The third-order valence-corrected chi connectivity index (χ3v) is 3.98. The van der Waals surface area contributed by atoms with Crippen molar-refractivity contribution in [2.75, 3.05) is 13.1 Å². The van der Waals surface area contributed by atoms with E-state index in [0.29, 0.717) is 17.5 Å². The van der Waals surface area contributed by atoms with Gasteiger partial charge in [0.15, 0.2) is 0 Å². The minimum absolute atomic E-state index is 0.0648. The molecule has 2 rings (SSSR count). The van der Waals surface area contributed by atoms with Gasteiger partial charge >= 0.3 is 5.97 Å². The molecule has 1 fully saturated rings. The molecule has 1 aliphatic heterocycles. The highest BCUT2D eigenvalue weighted by atomic mass is 16.4. The summed E-state index contributed by atoms with van der Waals surface area (Å²) in [5.41, 5.74) is 0.462. The Bertz CT molecular complexity index is 481. The predicted molar refractivity (Wildman–Crippen MR) is 70.9 cm³/mol. The smallest absolute Gasteiger partial charge is 0.323 e. The predicted octanol–water partition coefficient (Wildman–Crippen LogP) is 1.69. The van der Waals surface area contributed by atoms with Crippen molar-refractivity contribution in [2.24, 2.45) is 11.8 Å². The number of piperidine rings is 1. The van der Waals surface area contributed by atoms with E-state index in [0.717, 1.165) is 19.5 Å². The second kappa shape index (κ2) is 5.47. The molecule has 0 spiro atoms. The molecule has 2 unspecified atom stereocenters. The van der Waals surface area contributed by atoms with Gasteiger partial charge in [-0.3, -0.25) is 9.59 Å². The van der Waals surface area contributed by atoms with Gasteiger partial charge in [0.25, 0.3) is 5.91 Å². The van der Waals surface area contributed by atoms with Gasteiger partial charge in [-0.15, -0.1) is 0 Å². The summed E-state index contributed by atoms with van der Waals surface area (Å²) in [7, 11) is 0. The van der Waals surface area contributed by atoms with Crippen LogP contribution in [0.1, 0.15) is 30.8 Å². The number of carboxylic acid groups (broad SMARTS) is 1. The molecule has 1 aromatic rings. The Morgan fingerprint density at radius 3 is 2.74 bits per heavy atom. The fourth-order valence-electron chi connectivity index (χ4n) is 2.50. The van der Waals surface area contributed by atoms with E-state index in [1.54, 1.807) is 18.3 Å². The summed E-state index contributed by atoms with van der Waals surface area (Å²) in [5.74, 6) is 0.117. The summed E-state index contributed by atoms with van der Waals surface area (Å²) in [5, 5.41) is 8.83. The van der Waals surface area contributed by atoms with Gasteiger partial charge in [-0.25, -0.2) is 0 Å². The number of hydrogen-bond donors (Lipinski definition) is 1. The van der Waals surface area contributed by atoms with Crippen LogP contribution in [0.25, 0.3) is 0 Å². The van der Waals surface area contributed by atoms with Crippen LogP contribution in [0.3, 0.4) is 0 Å². The van der Waals surface area contributed by atoms with Crippen molar-refractivity contribution < 1.29 is 14.7 Å². The Morgan fingerprint density at radius 1 is 1.37 bits per heavy atom. The number of carbonyl (C=O) groups is 2. The molecule has 2 atom stereocenters. The van der Waals surface area contributed by atoms with Crippen molar-refractivity contribution >= 4 is 11.9 Å². The van der Waals surface area contributed by atoms with Gasteiger partial charge < -0.3 is 14.6 Å². The number of aliphatic carboxylic acids is 1. The maximum Gasteiger partial charge on any atom is 0.323 e. The Balaban J connectivity index is 2.11. The molecule has 0 saturated carbocycles. The lowest BCUT2D eigenvalue weighted by molar-refractivity contribution is -0.137. The Morgan fingerprint density at radius 2 is 2.11 bits per heavy atom. The van der Waals surface area contributed by atoms with E-state index in [9.17, 15) is 9.59 Å². The molecule has 1 aromatic heterocycles. The average Bonchev–Trinajstić information content (AvgIpc) is 2.79. The summed E-state index contributed by atoms with van der Waals surface area (Å²) < 4.78 is 1.49. The molecule has 19 heavy (non-hydrogen) atoms. The highest BCUT2D eigenvalue weighted by molar-refractivity contribution is 5.93. The SMILES string of the molecule is CC1CCN(C(=O)c2cccn2CC(=O)O)CC1C. The first-order valence-corrected chi connectivity index (χ1v) is 6.65. The topological polar surface area (TPSA) is 62.5 Å². The minimum atomic E-state index is -0.939. The summed E-state index contributed by atoms with van der Waals surface area (Å²) >= 11 is 0. The van der Waals surface area contributed by atoms with Crippen LogP contribution in [-0.4, -0.2) is 39.5 Å². The zero-order valence-corrected chi connectivity index (χ0v) is 11.4. The molecule has 0 aromatic carbocycles. The van der Waals surface area contributed by atoms with E-state index in [4.69, 9.17) is 5.11 Å². The number of amides is 1. The summed E-state index contributed by atoms with van der Waals surface area (Å²) in [4.78, 5) is 25.0. The molecule has 5 heteroatoms. The van der Waals surface area contributed by atoms with Crippen molar-refractivity contribution in [1.29, 1.82) is 0 Å². The lowest BCUT2D eigenvalue weighted by Crippen LogP contribution is -2.42. The van der Waals surface area contributed by atoms with Crippen molar-refractivity contribution in [3.8, 4) is 0 Å². The van der Waals surface area contributed by atoms with Crippen LogP contribution in [0, 0.1) is 11.8 Å². The molecular weight excluding hydrogens is 244 g/mol. The molecule has 104 valence electrons. The fraction of sp³-hybridized carbons (Fsp3) is 0.571. The molecule has 1 amide bonds. The zero-order valence-electron chi connectivity index (χ0n) is 11.4. The molecule has 5 nitrogen and oxygen atoms in total. The van der Waals surface area contributed by atoms with Crippen molar-refractivity contribution in [3.63, 3.8) is 0 Å². The first-order chi connectivity index (χ1) is 8.99. The van der Waals surface area contributed by atoms with E-state index in [1.807, 2.05) is 4.90 Å². The molecular formula is C14H20N2O3. The summed E-state index contributed by atoms with van der Waals surface area (Å²) in [6, 6.07) is 3.40. The van der Waals surface area contributed by atoms with Crippen LogP contribution in [0.2, 0.25) is 0 Å². The van der Waals surface area contributed by atoms with Gasteiger partial charge in [-0.05, 0) is 30.4 Å². The highest BCUT2D eigenvalue weighted by Crippen LogP contribution is 2.23. The molecule has 1 N–H and O–H groups in total. The third kappa shape index (κ3) is 2.97. The fourth-order valence-corrected chi connectivity index (χ4v) is 2.50. The van der Waals surface area contributed by atoms with Gasteiger partial charge in [-0.2, -0.15) is 0 Å². The normalized spacial score (nSPS) is 23.4. The van der Waals surface area contributed by atoms with Crippen molar-refractivity contribution in [3.05, 3.63) is 24.0 Å². The van der Waals surface area contributed by atoms with Gasteiger partial charge in [0.05, 0.1) is 0 Å². The number of rotatable bonds is 3. The highest BCUT2D eigenvalue weighted by Gasteiger charge is 2.27. The lowest BCUT2D eigenvalue weighted by Gasteiger charge is -2.35. The Hall–Kier alpha value is -1.78. The van der Waals surface area contributed by atoms with Crippen LogP contribution < -0.4 is 0 Å². The van der Waals surface area contributed by atoms with E-state index in [-0.39, 0.29) is 12.5 Å². The number of hydrogen-bond acceptors (Lipinski definition) is 2. The van der Waals surface area contributed by atoms with Crippen LogP contribution in [0.4, 0.5) is 0 Å². The van der Waals surface area contributed by atoms with Crippen LogP contribution in [-0.2, 0) is 11.3 Å². The maximum absolute atomic E-state index is 12.4. The average molecular weight is 264 g/mol. The van der Waals surface area contributed by atoms with Gasteiger partial charge in [0.2, 0.25) is 0 Å². The summed E-state index contributed by atoms with van der Waals surface area (Å²) in [6.07, 6.45) is 2.64. The van der Waals surface area contributed by atoms with Crippen LogP contribution in [0.15, 0.2) is 18.3 Å². The lowest BCUT2D eigenvalue weighted by atomic mass is 9.88. The van der Waals surface area contributed by atoms with E-state index < -0.39 is 5.97 Å². The Kier molecular flexibility index (Phi) is 3.93. The standard InChI is InChI=1S/C14H20N2O3/c1-10-5-7-16(8-11(10)2)14(19)12-4-3-6-15(12)9-13(17)18/h3-4,6,10-11H,5,7-9H2,1-2H3,(H,17,18). The van der Waals surface area contributed by atoms with Gasteiger partial charge in [0, 0.05) is 19.3 Å². The van der Waals surface area contributed by atoms with Gasteiger partial charge in [0.1, 0.15) is 12.2 Å².